The maximum atomic E-state index is 3.78. The Balaban J connectivity index is 0.000000128. The molecule has 0 saturated heterocycles. The molecular weight excluding hydrogens is 953 g/mol. The Morgan fingerprint density at radius 3 is 1.11 bits per heavy atom. The number of halogens is 2. The third-order valence-corrected chi connectivity index (χ3v) is 26.8. The molecule has 45 heavy (non-hydrogen) atoms. The van der Waals surface area contributed by atoms with Crippen molar-refractivity contribution >= 4 is 149 Å². The van der Waals surface area contributed by atoms with Crippen LogP contribution in [0.25, 0.3) is 59.9 Å². The monoisotopic (exact) mass is 972 g/mol. The summed E-state index contributed by atoms with van der Waals surface area (Å²) >= 11 is 13.0. The van der Waals surface area contributed by atoms with Crippen molar-refractivity contribution in [3.05, 3.63) is 136 Å². The van der Waals surface area contributed by atoms with Crippen molar-refractivity contribution in [1.29, 1.82) is 0 Å². The van der Waals surface area contributed by atoms with Crippen LogP contribution in [0.1, 0.15) is 0 Å². The van der Waals surface area contributed by atoms with Crippen molar-refractivity contribution in [1.82, 2.24) is 0 Å². The van der Waals surface area contributed by atoms with E-state index in [9.17, 15) is 0 Å². The van der Waals surface area contributed by atoms with Crippen LogP contribution in [0.15, 0.2) is 136 Å². The predicted molar refractivity (Wildman–Crippen MR) is 212 cm³/mol. The molecule has 0 saturated carbocycles. The Morgan fingerprint density at radius 1 is 0.356 bits per heavy atom. The topological polar surface area (TPSA) is 0 Å². The summed E-state index contributed by atoms with van der Waals surface area (Å²) in [5.74, 6) is 0. The molecule has 0 atom stereocenters. The van der Waals surface area contributed by atoms with Gasteiger partial charge in [-0.2, -0.15) is 0 Å². The summed E-state index contributed by atoms with van der Waals surface area (Å²) in [6.45, 7) is 0. The van der Waals surface area contributed by atoms with E-state index >= 15 is 0 Å². The third kappa shape index (κ3) is 4.77. The van der Waals surface area contributed by atoms with Crippen molar-refractivity contribution in [3.63, 3.8) is 0 Å². The Labute approximate surface area is 301 Å². The minimum absolute atomic E-state index is 1.20. The second-order valence-electron chi connectivity index (χ2n) is 10.7. The van der Waals surface area contributed by atoms with E-state index in [1.54, 1.807) is 19.6 Å². The summed E-state index contributed by atoms with van der Waals surface area (Å²) in [5.41, 5.74) is 0. The van der Waals surface area contributed by atoms with Gasteiger partial charge < -0.3 is 0 Å². The molecule has 1 aliphatic heterocycles. The van der Waals surface area contributed by atoms with Gasteiger partial charge in [0.1, 0.15) is 0 Å². The fourth-order valence-corrected chi connectivity index (χ4v) is 27.3. The molecule has 0 spiro atoms. The molecule has 10 rings (SSSR count). The standard InChI is InChI=1S/C16H8Br2S2.C16H8S2.C6H5.Bi/c17-13-9-5-1-3-7-11(9)19-15(13)16-14(18)10-6-2-4-8-12(10)20-16;1-3-7-13-11(5-1)9-15(17-13)16-10-12-6-2-4-8-14(12)18-16;1-2-4-6-5-3-1;/h1-8H;1-8H;1-5H;. The predicted octanol–water partition coefficient (Wildman–Crippen LogP) is 11.9. The van der Waals surface area contributed by atoms with Crippen LogP contribution in [-0.2, 0) is 0 Å². The summed E-state index contributed by atoms with van der Waals surface area (Å²) in [7, 11) is 0. The SMILES string of the molecule is Brc1c(-c2sc3ccccc3c2Br)sc2ccccc12.c1cc[c]([Bi]2[c]3c(sc4ccccc34)-c3sc4ccccc4[c]32)cc1. The van der Waals surface area contributed by atoms with Crippen molar-refractivity contribution in [2.75, 3.05) is 0 Å². The minimum atomic E-state index is -2.24. The van der Waals surface area contributed by atoms with Crippen molar-refractivity contribution in [3.8, 4) is 19.5 Å². The van der Waals surface area contributed by atoms with Gasteiger partial charge in [0.25, 0.3) is 0 Å². The van der Waals surface area contributed by atoms with Crippen LogP contribution in [0, 0.1) is 0 Å². The summed E-state index contributed by atoms with van der Waals surface area (Å²) in [6, 6.07) is 46.4. The van der Waals surface area contributed by atoms with Crippen molar-refractivity contribution in [2.24, 2.45) is 0 Å². The van der Waals surface area contributed by atoms with Gasteiger partial charge in [-0.3, -0.25) is 0 Å². The van der Waals surface area contributed by atoms with E-state index in [4.69, 9.17) is 0 Å². The second-order valence-corrected chi connectivity index (χ2v) is 24.6. The van der Waals surface area contributed by atoms with Gasteiger partial charge in [0.05, 0.1) is 9.75 Å². The summed E-state index contributed by atoms with van der Waals surface area (Å²) in [6.07, 6.45) is 0. The van der Waals surface area contributed by atoms with Crippen LogP contribution in [0.4, 0.5) is 0 Å². The fourth-order valence-electron chi connectivity index (χ4n) is 6.08. The number of rotatable bonds is 2. The summed E-state index contributed by atoms with van der Waals surface area (Å²) in [5, 5.41) is 5.60. The van der Waals surface area contributed by atoms with E-state index in [0.717, 1.165) is 0 Å². The van der Waals surface area contributed by atoms with E-state index in [1.165, 1.54) is 59.0 Å². The first-order chi connectivity index (χ1) is 22.2. The molecule has 216 valence electrons. The Bertz CT molecular complexity index is 2380. The maximum absolute atomic E-state index is 3.78. The zero-order valence-electron chi connectivity index (χ0n) is 23.5. The van der Waals surface area contributed by atoms with E-state index in [1.807, 2.05) is 45.3 Å². The molecule has 5 heterocycles. The Morgan fingerprint density at radius 2 is 0.689 bits per heavy atom. The Hall–Kier alpha value is -2.22. The van der Waals surface area contributed by atoms with Gasteiger partial charge in [-0.1, -0.05) is 36.4 Å². The van der Waals surface area contributed by atoms with Gasteiger partial charge in [0.15, 0.2) is 0 Å². The van der Waals surface area contributed by atoms with Gasteiger partial charge in [-0.25, -0.2) is 0 Å². The molecule has 0 radical (unpaired) electrons. The molecule has 0 N–H and O–H groups in total. The first-order valence-electron chi connectivity index (χ1n) is 14.4. The Kier molecular flexibility index (Phi) is 7.59. The molecule has 0 unspecified atom stereocenters. The van der Waals surface area contributed by atoms with Gasteiger partial charge in [-0.15, -0.1) is 22.7 Å². The number of hydrogen-bond acceptors (Lipinski definition) is 4. The molecule has 1 aliphatic rings. The van der Waals surface area contributed by atoms with E-state index < -0.39 is 21.8 Å². The number of hydrogen-bond donors (Lipinski definition) is 0. The van der Waals surface area contributed by atoms with Crippen molar-refractivity contribution < 1.29 is 0 Å². The molecule has 4 aromatic heterocycles. The molecule has 0 fully saturated rings. The number of benzene rings is 5. The number of thiophene rings is 4. The van der Waals surface area contributed by atoms with Gasteiger partial charge in [0, 0.05) is 29.1 Å². The average molecular weight is 975 g/mol. The van der Waals surface area contributed by atoms with Gasteiger partial charge in [-0.05, 0) is 44.0 Å². The number of fused-ring (bicyclic) bond motifs is 9. The van der Waals surface area contributed by atoms with Gasteiger partial charge in [0.2, 0.25) is 0 Å². The molecule has 5 aromatic carbocycles. The second kappa shape index (κ2) is 11.8. The van der Waals surface area contributed by atoms with Crippen molar-refractivity contribution in [2.45, 2.75) is 0 Å². The van der Waals surface area contributed by atoms with Crippen LogP contribution >= 0.6 is 77.2 Å². The van der Waals surface area contributed by atoms with E-state index in [2.05, 4.69) is 159 Å². The van der Waals surface area contributed by atoms with E-state index in [-0.39, 0.29) is 0 Å². The summed E-state index contributed by atoms with van der Waals surface area (Å²) in [4.78, 5) is 5.75. The normalized spacial score (nSPS) is 12.6. The van der Waals surface area contributed by atoms with E-state index in [0.29, 0.717) is 0 Å². The van der Waals surface area contributed by atoms with Crippen LogP contribution < -0.4 is 9.81 Å². The third-order valence-electron chi connectivity index (χ3n) is 8.08. The first kappa shape index (κ1) is 29.0. The molecule has 0 bridgehead atoms. The van der Waals surface area contributed by atoms with Gasteiger partial charge >= 0.3 is 163 Å². The van der Waals surface area contributed by atoms with Crippen LogP contribution in [0.2, 0.25) is 0 Å². The molecule has 9 aromatic rings. The molecule has 0 amide bonds. The molecule has 0 nitrogen and oxygen atoms in total. The fraction of sp³-hybridized carbons (Fsp3) is 0. The zero-order valence-corrected chi connectivity index (χ0v) is 33.4. The molecule has 0 aliphatic carbocycles. The van der Waals surface area contributed by atoms with Crippen LogP contribution in [0.5, 0.6) is 0 Å². The van der Waals surface area contributed by atoms with Crippen LogP contribution in [0.3, 0.4) is 0 Å². The molecule has 7 heteroatoms. The molecular formula is C38H21BiBr2S4. The van der Waals surface area contributed by atoms with Crippen LogP contribution in [-0.4, -0.2) is 21.8 Å². The quantitative estimate of drug-likeness (QED) is 0.151. The summed E-state index contributed by atoms with van der Waals surface area (Å²) < 4.78 is 13.0. The average Bonchev–Trinajstić information content (AvgIpc) is 3.88. The zero-order chi connectivity index (χ0) is 30.1. The first-order valence-corrected chi connectivity index (χ1v) is 24.5.